The minimum absolute atomic E-state index is 0.287. The Hall–Kier alpha value is -0.0800. The molecule has 2 heteroatoms. The van der Waals surface area contributed by atoms with Crippen LogP contribution in [-0.2, 0) is 0 Å². The SMILES string of the molecule is CC[C@H](CC[C@@H](C)[C@H]1CC[C@H]2[C@H]3CCC4CCCC(O)(O)[C@]4(C)[C@H]3CC[C@]12C)C(C)C. The molecule has 31 heavy (non-hydrogen) atoms. The minimum Gasteiger partial charge on any atom is -0.365 e. The maximum Gasteiger partial charge on any atom is 0.168 e. The van der Waals surface area contributed by atoms with Crippen LogP contribution in [0.25, 0.3) is 0 Å². The van der Waals surface area contributed by atoms with E-state index in [-0.39, 0.29) is 5.41 Å². The molecule has 180 valence electrons. The van der Waals surface area contributed by atoms with Gasteiger partial charge in [-0.1, -0.05) is 54.4 Å². The van der Waals surface area contributed by atoms with E-state index in [1.165, 1.54) is 64.2 Å². The first kappa shape index (κ1) is 24.1. The zero-order valence-corrected chi connectivity index (χ0v) is 21.5. The van der Waals surface area contributed by atoms with Crippen LogP contribution in [0.5, 0.6) is 0 Å². The first-order valence-electron chi connectivity index (χ1n) is 14.0. The van der Waals surface area contributed by atoms with Gasteiger partial charge in [-0.25, -0.2) is 0 Å². The lowest BCUT2D eigenvalue weighted by Crippen LogP contribution is -2.63. The number of aliphatic hydroxyl groups is 2. The Morgan fingerprint density at radius 1 is 0.839 bits per heavy atom. The summed E-state index contributed by atoms with van der Waals surface area (Å²) in [5.41, 5.74) is 0.191. The fourth-order valence-electron chi connectivity index (χ4n) is 10.0. The lowest BCUT2D eigenvalue weighted by atomic mass is 9.43. The van der Waals surface area contributed by atoms with E-state index in [9.17, 15) is 10.2 Å². The van der Waals surface area contributed by atoms with Crippen LogP contribution in [0.1, 0.15) is 119 Å². The lowest BCUT2D eigenvalue weighted by molar-refractivity contribution is -0.313. The molecular formula is C29H52O2. The van der Waals surface area contributed by atoms with Crippen LogP contribution in [-0.4, -0.2) is 16.0 Å². The van der Waals surface area contributed by atoms with Gasteiger partial charge in [-0.2, -0.15) is 0 Å². The highest BCUT2D eigenvalue weighted by Gasteiger charge is 2.65. The quantitative estimate of drug-likeness (QED) is 0.429. The van der Waals surface area contributed by atoms with E-state index in [0.717, 1.165) is 36.0 Å². The average molecular weight is 433 g/mol. The smallest absolute Gasteiger partial charge is 0.168 e. The van der Waals surface area contributed by atoms with Crippen LogP contribution in [0.4, 0.5) is 0 Å². The summed E-state index contributed by atoms with van der Waals surface area (Å²) < 4.78 is 0. The summed E-state index contributed by atoms with van der Waals surface area (Å²) in [6.07, 6.45) is 14.8. The lowest BCUT2D eigenvalue weighted by Gasteiger charge is -2.63. The molecule has 4 fully saturated rings. The predicted molar refractivity (Wildman–Crippen MR) is 129 cm³/mol. The molecule has 0 radical (unpaired) electrons. The number of hydrogen-bond donors (Lipinski definition) is 2. The molecule has 2 nitrogen and oxygen atoms in total. The Labute approximate surface area is 193 Å². The van der Waals surface area contributed by atoms with Crippen molar-refractivity contribution in [1.29, 1.82) is 0 Å². The van der Waals surface area contributed by atoms with Crippen molar-refractivity contribution in [3.8, 4) is 0 Å². The molecular weight excluding hydrogens is 380 g/mol. The first-order chi connectivity index (χ1) is 14.6. The maximum atomic E-state index is 11.2. The Bertz CT molecular complexity index is 626. The molecule has 4 rings (SSSR count). The van der Waals surface area contributed by atoms with E-state index in [2.05, 4.69) is 41.5 Å². The van der Waals surface area contributed by atoms with Crippen LogP contribution in [0.15, 0.2) is 0 Å². The molecule has 0 aromatic heterocycles. The van der Waals surface area contributed by atoms with Crippen LogP contribution in [0.2, 0.25) is 0 Å². The second-order valence-corrected chi connectivity index (χ2v) is 13.3. The van der Waals surface area contributed by atoms with E-state index in [1.807, 2.05) is 0 Å². The van der Waals surface area contributed by atoms with Gasteiger partial charge in [-0.15, -0.1) is 0 Å². The zero-order chi connectivity index (χ0) is 22.6. The Kier molecular flexibility index (Phi) is 6.68. The molecule has 1 unspecified atom stereocenters. The summed E-state index contributed by atoms with van der Waals surface area (Å²) in [4.78, 5) is 0. The summed E-state index contributed by atoms with van der Waals surface area (Å²) in [5, 5.41) is 22.3. The van der Waals surface area contributed by atoms with Gasteiger partial charge < -0.3 is 10.2 Å². The molecule has 0 saturated heterocycles. The molecule has 4 aliphatic rings. The van der Waals surface area contributed by atoms with Gasteiger partial charge in [0.05, 0.1) is 0 Å². The zero-order valence-electron chi connectivity index (χ0n) is 21.5. The predicted octanol–water partition coefficient (Wildman–Crippen LogP) is 7.42. The van der Waals surface area contributed by atoms with Crippen molar-refractivity contribution in [3.05, 3.63) is 0 Å². The van der Waals surface area contributed by atoms with Gasteiger partial charge >= 0.3 is 0 Å². The normalized spacial score (nSPS) is 46.2. The Morgan fingerprint density at radius 2 is 1.58 bits per heavy atom. The number of fused-ring (bicyclic) bond motifs is 5. The van der Waals surface area contributed by atoms with Gasteiger partial charge in [-0.05, 0) is 111 Å². The van der Waals surface area contributed by atoms with Gasteiger partial charge in [-0.3, -0.25) is 0 Å². The molecule has 0 spiro atoms. The van der Waals surface area contributed by atoms with E-state index in [0.29, 0.717) is 29.6 Å². The van der Waals surface area contributed by atoms with Crippen LogP contribution in [0.3, 0.4) is 0 Å². The Morgan fingerprint density at radius 3 is 2.26 bits per heavy atom. The van der Waals surface area contributed by atoms with Crippen molar-refractivity contribution in [2.24, 2.45) is 58.2 Å². The van der Waals surface area contributed by atoms with E-state index >= 15 is 0 Å². The van der Waals surface area contributed by atoms with Crippen LogP contribution in [0, 0.1) is 58.2 Å². The van der Waals surface area contributed by atoms with Gasteiger partial charge in [0.1, 0.15) is 0 Å². The molecule has 0 aromatic rings. The Balaban J connectivity index is 1.50. The average Bonchev–Trinajstić information content (AvgIpc) is 3.06. The summed E-state index contributed by atoms with van der Waals surface area (Å²) in [6, 6.07) is 0. The largest absolute Gasteiger partial charge is 0.365 e. The molecule has 0 heterocycles. The van der Waals surface area contributed by atoms with Crippen LogP contribution >= 0.6 is 0 Å². The van der Waals surface area contributed by atoms with E-state index < -0.39 is 5.79 Å². The van der Waals surface area contributed by atoms with Gasteiger partial charge in [0.25, 0.3) is 0 Å². The van der Waals surface area contributed by atoms with Crippen molar-refractivity contribution in [1.82, 2.24) is 0 Å². The molecule has 9 atom stereocenters. The van der Waals surface area contributed by atoms with Gasteiger partial charge in [0.2, 0.25) is 0 Å². The van der Waals surface area contributed by atoms with Crippen molar-refractivity contribution < 1.29 is 10.2 Å². The second-order valence-electron chi connectivity index (χ2n) is 13.3. The molecule has 4 saturated carbocycles. The molecule has 0 aliphatic heterocycles. The van der Waals surface area contributed by atoms with Gasteiger partial charge in [0, 0.05) is 11.8 Å². The molecule has 4 aliphatic carbocycles. The first-order valence-corrected chi connectivity index (χ1v) is 14.0. The monoisotopic (exact) mass is 432 g/mol. The highest BCUT2D eigenvalue weighted by Crippen LogP contribution is 2.69. The molecule has 0 bridgehead atoms. The van der Waals surface area contributed by atoms with E-state index in [4.69, 9.17) is 0 Å². The van der Waals surface area contributed by atoms with Crippen molar-refractivity contribution >= 4 is 0 Å². The molecule has 0 aromatic carbocycles. The summed E-state index contributed by atoms with van der Waals surface area (Å²) in [6.45, 7) is 14.6. The summed E-state index contributed by atoms with van der Waals surface area (Å²) >= 11 is 0. The second kappa shape index (κ2) is 8.61. The van der Waals surface area contributed by atoms with E-state index in [1.54, 1.807) is 0 Å². The van der Waals surface area contributed by atoms with Gasteiger partial charge in [0.15, 0.2) is 5.79 Å². The third-order valence-corrected chi connectivity index (χ3v) is 12.1. The number of hydrogen-bond acceptors (Lipinski definition) is 2. The topological polar surface area (TPSA) is 40.5 Å². The van der Waals surface area contributed by atoms with Crippen molar-refractivity contribution in [2.45, 2.75) is 124 Å². The maximum absolute atomic E-state index is 11.2. The third-order valence-electron chi connectivity index (χ3n) is 12.1. The summed E-state index contributed by atoms with van der Waals surface area (Å²) in [7, 11) is 0. The fourth-order valence-corrected chi connectivity index (χ4v) is 10.0. The fraction of sp³-hybridized carbons (Fsp3) is 1.00. The third kappa shape index (κ3) is 3.74. The molecule has 0 amide bonds. The highest BCUT2D eigenvalue weighted by molar-refractivity contribution is 5.12. The number of rotatable bonds is 6. The van der Waals surface area contributed by atoms with Crippen LogP contribution < -0.4 is 0 Å². The highest BCUT2D eigenvalue weighted by atomic mass is 16.5. The standard InChI is InChI=1S/C29H52O2/c1-7-21(19(2)3)11-10-20(4)24-14-15-25-23-13-12-22-9-8-17-29(30,31)28(22,6)26(23)16-18-27(24,25)5/h19-26,30-31H,7-18H2,1-6H3/t20-,21-,22?,23-,24-,25+,26+,27-,28+/m1/s1. The minimum atomic E-state index is -1.45. The van der Waals surface area contributed by atoms with Crippen molar-refractivity contribution in [2.75, 3.05) is 0 Å². The molecule has 2 N–H and O–H groups in total. The summed E-state index contributed by atoms with van der Waals surface area (Å²) in [5.74, 6) is 4.48. The van der Waals surface area contributed by atoms with Crippen molar-refractivity contribution in [3.63, 3.8) is 0 Å².